The van der Waals surface area contributed by atoms with Crippen LogP contribution >= 0.6 is 11.6 Å². The first kappa shape index (κ1) is 16.8. The van der Waals surface area contributed by atoms with Gasteiger partial charge in [0.05, 0.1) is 5.02 Å². The summed E-state index contributed by atoms with van der Waals surface area (Å²) in [6, 6.07) is 15.9. The van der Waals surface area contributed by atoms with Gasteiger partial charge in [-0.15, -0.1) is 0 Å². The molecule has 118 valence electrons. The highest BCUT2D eigenvalue weighted by atomic mass is 35.5. The van der Waals surface area contributed by atoms with Crippen molar-refractivity contribution in [2.45, 2.75) is 13.1 Å². The van der Waals surface area contributed by atoms with Crippen LogP contribution in [0, 0.1) is 0 Å². The van der Waals surface area contributed by atoms with Crippen LogP contribution in [0.15, 0.2) is 48.5 Å². The van der Waals surface area contributed by atoms with Crippen LogP contribution in [0.4, 0.5) is 0 Å². The van der Waals surface area contributed by atoms with Crippen molar-refractivity contribution >= 4 is 11.6 Å². The van der Waals surface area contributed by atoms with E-state index in [0.29, 0.717) is 5.02 Å². The van der Waals surface area contributed by atoms with Gasteiger partial charge in [-0.25, -0.2) is 0 Å². The summed E-state index contributed by atoms with van der Waals surface area (Å²) in [4.78, 5) is 4.57. The van der Waals surface area contributed by atoms with Crippen molar-refractivity contribution < 1.29 is 5.11 Å². The molecule has 22 heavy (non-hydrogen) atoms. The molecule has 2 rings (SSSR count). The molecule has 0 saturated carbocycles. The summed E-state index contributed by atoms with van der Waals surface area (Å²) in [6.07, 6.45) is 0. The Kier molecular flexibility index (Phi) is 6.25. The van der Waals surface area contributed by atoms with E-state index in [2.05, 4.69) is 48.2 Å². The number of hydrogen-bond donors (Lipinski definition) is 1. The molecule has 0 bridgehead atoms. The van der Waals surface area contributed by atoms with Gasteiger partial charge < -0.3 is 10.0 Å². The molecule has 0 amide bonds. The summed E-state index contributed by atoms with van der Waals surface area (Å²) in [5.41, 5.74) is 2.41. The van der Waals surface area contributed by atoms with Crippen LogP contribution in [0.5, 0.6) is 5.75 Å². The first-order valence-corrected chi connectivity index (χ1v) is 7.81. The van der Waals surface area contributed by atoms with Gasteiger partial charge in [0, 0.05) is 26.2 Å². The van der Waals surface area contributed by atoms with E-state index < -0.39 is 0 Å². The van der Waals surface area contributed by atoms with Gasteiger partial charge in [0.2, 0.25) is 0 Å². The average Bonchev–Trinajstić information content (AvgIpc) is 2.49. The van der Waals surface area contributed by atoms with E-state index in [9.17, 15) is 5.11 Å². The zero-order chi connectivity index (χ0) is 15.9. The molecular weight excluding hydrogens is 296 g/mol. The van der Waals surface area contributed by atoms with Crippen LogP contribution in [0.25, 0.3) is 0 Å². The van der Waals surface area contributed by atoms with E-state index in [0.717, 1.165) is 31.7 Å². The highest BCUT2D eigenvalue weighted by Crippen LogP contribution is 2.24. The van der Waals surface area contributed by atoms with Crippen LogP contribution in [-0.4, -0.2) is 42.1 Å². The fourth-order valence-electron chi connectivity index (χ4n) is 2.30. The average molecular weight is 319 g/mol. The number of hydrogen-bond acceptors (Lipinski definition) is 3. The molecule has 0 saturated heterocycles. The second-order valence-corrected chi connectivity index (χ2v) is 6.19. The lowest BCUT2D eigenvalue weighted by molar-refractivity contribution is 0.226. The van der Waals surface area contributed by atoms with E-state index in [1.54, 1.807) is 6.07 Å². The van der Waals surface area contributed by atoms with Crippen LogP contribution in [0.3, 0.4) is 0 Å². The monoisotopic (exact) mass is 318 g/mol. The Balaban J connectivity index is 2.07. The largest absolute Gasteiger partial charge is 0.506 e. The summed E-state index contributed by atoms with van der Waals surface area (Å²) >= 11 is 6.01. The Hall–Kier alpha value is -1.55. The second kappa shape index (κ2) is 8.18. The molecule has 0 spiro atoms. The maximum absolute atomic E-state index is 9.54. The van der Waals surface area contributed by atoms with Gasteiger partial charge in [-0.3, -0.25) is 4.90 Å². The molecule has 0 radical (unpaired) electrons. The highest BCUT2D eigenvalue weighted by molar-refractivity contribution is 6.32. The van der Waals surface area contributed by atoms with Crippen LogP contribution in [-0.2, 0) is 13.1 Å². The van der Waals surface area contributed by atoms with E-state index in [1.807, 2.05) is 18.2 Å². The fourth-order valence-corrected chi connectivity index (χ4v) is 2.51. The number of nitrogens with zero attached hydrogens (tertiary/aromatic N) is 2. The fraction of sp³-hybridized carbons (Fsp3) is 0.333. The molecular formula is C18H23ClN2O. The van der Waals surface area contributed by atoms with Crippen LogP contribution < -0.4 is 0 Å². The molecule has 0 aliphatic heterocycles. The Morgan fingerprint density at radius 1 is 0.909 bits per heavy atom. The lowest BCUT2D eigenvalue weighted by Crippen LogP contribution is -2.31. The minimum absolute atomic E-state index is 0.133. The minimum atomic E-state index is 0.133. The van der Waals surface area contributed by atoms with Gasteiger partial charge in [0.25, 0.3) is 0 Å². The van der Waals surface area contributed by atoms with E-state index in [4.69, 9.17) is 11.6 Å². The number of rotatable bonds is 7. The predicted molar refractivity (Wildman–Crippen MR) is 92.2 cm³/mol. The lowest BCUT2D eigenvalue weighted by atomic mass is 10.1. The number of benzene rings is 2. The minimum Gasteiger partial charge on any atom is -0.506 e. The predicted octanol–water partition coefficient (Wildman–Crippen LogP) is 3.61. The molecule has 2 aromatic rings. The third kappa shape index (κ3) is 5.34. The van der Waals surface area contributed by atoms with Crippen molar-refractivity contribution in [2.75, 3.05) is 27.2 Å². The van der Waals surface area contributed by atoms with Crippen molar-refractivity contribution in [1.29, 1.82) is 0 Å². The summed E-state index contributed by atoms with van der Waals surface area (Å²) in [5, 5.41) is 9.94. The molecule has 0 unspecified atom stereocenters. The van der Waals surface area contributed by atoms with Gasteiger partial charge in [-0.2, -0.15) is 0 Å². The Labute approximate surface area is 137 Å². The smallest absolute Gasteiger partial charge is 0.134 e. The van der Waals surface area contributed by atoms with Gasteiger partial charge in [0.1, 0.15) is 5.75 Å². The molecule has 2 aromatic carbocycles. The number of phenols is 1. The first-order chi connectivity index (χ1) is 10.5. The lowest BCUT2D eigenvalue weighted by Gasteiger charge is -2.24. The third-order valence-corrected chi connectivity index (χ3v) is 3.83. The van der Waals surface area contributed by atoms with Crippen molar-refractivity contribution in [3.8, 4) is 5.75 Å². The standard InChI is InChI=1S/C18H23ClN2O/c1-20(2)10-11-21(13-15-6-4-3-5-7-15)14-16-8-9-18(22)17(19)12-16/h3-9,12,22H,10-11,13-14H2,1-2H3. The zero-order valence-corrected chi connectivity index (χ0v) is 13.9. The number of aromatic hydroxyl groups is 1. The van der Waals surface area contributed by atoms with E-state index in [1.165, 1.54) is 5.56 Å². The maximum atomic E-state index is 9.54. The second-order valence-electron chi connectivity index (χ2n) is 5.79. The summed E-state index contributed by atoms with van der Waals surface area (Å²) < 4.78 is 0. The SMILES string of the molecule is CN(C)CCN(Cc1ccccc1)Cc1ccc(O)c(Cl)c1. The molecule has 0 aliphatic rings. The summed E-state index contributed by atoms with van der Waals surface area (Å²) in [7, 11) is 4.16. The molecule has 0 heterocycles. The molecule has 3 nitrogen and oxygen atoms in total. The van der Waals surface area contributed by atoms with Gasteiger partial charge in [-0.05, 0) is 37.4 Å². The van der Waals surface area contributed by atoms with Gasteiger partial charge >= 0.3 is 0 Å². The van der Waals surface area contributed by atoms with Crippen molar-refractivity contribution in [1.82, 2.24) is 9.80 Å². The molecule has 1 N–H and O–H groups in total. The molecule has 0 fully saturated rings. The highest BCUT2D eigenvalue weighted by Gasteiger charge is 2.09. The van der Waals surface area contributed by atoms with Gasteiger partial charge in [-0.1, -0.05) is 48.0 Å². The van der Waals surface area contributed by atoms with Crippen LogP contribution in [0.2, 0.25) is 5.02 Å². The first-order valence-electron chi connectivity index (χ1n) is 7.43. The van der Waals surface area contributed by atoms with Crippen molar-refractivity contribution in [2.24, 2.45) is 0 Å². The summed E-state index contributed by atoms with van der Waals surface area (Å²) in [5.74, 6) is 0.133. The summed E-state index contributed by atoms with van der Waals surface area (Å²) in [6.45, 7) is 3.68. The van der Waals surface area contributed by atoms with Crippen LogP contribution in [0.1, 0.15) is 11.1 Å². The van der Waals surface area contributed by atoms with Crippen molar-refractivity contribution in [3.05, 3.63) is 64.7 Å². The van der Waals surface area contributed by atoms with E-state index >= 15 is 0 Å². The number of halogens is 1. The molecule has 0 aromatic heterocycles. The Morgan fingerprint density at radius 2 is 1.59 bits per heavy atom. The number of phenolic OH excluding ortho intramolecular Hbond substituents is 1. The molecule has 0 atom stereocenters. The molecule has 0 aliphatic carbocycles. The zero-order valence-electron chi connectivity index (χ0n) is 13.2. The maximum Gasteiger partial charge on any atom is 0.134 e. The van der Waals surface area contributed by atoms with Crippen molar-refractivity contribution in [3.63, 3.8) is 0 Å². The third-order valence-electron chi connectivity index (χ3n) is 3.53. The number of likely N-dealkylation sites (N-methyl/N-ethyl adjacent to an activating group) is 1. The Morgan fingerprint density at radius 3 is 2.23 bits per heavy atom. The topological polar surface area (TPSA) is 26.7 Å². The normalized spacial score (nSPS) is 11.3. The van der Waals surface area contributed by atoms with E-state index in [-0.39, 0.29) is 5.75 Å². The van der Waals surface area contributed by atoms with Gasteiger partial charge in [0.15, 0.2) is 0 Å². The quantitative estimate of drug-likeness (QED) is 0.845. The Bertz CT molecular complexity index is 587. The molecule has 4 heteroatoms.